The molecule has 1 atom stereocenters. The van der Waals surface area contributed by atoms with Crippen LogP contribution >= 0.6 is 11.3 Å². The topological polar surface area (TPSA) is 105 Å². The number of aromatic nitrogens is 2. The lowest BCUT2D eigenvalue weighted by atomic mass is 10.2. The van der Waals surface area contributed by atoms with E-state index in [2.05, 4.69) is 30.4 Å². The summed E-state index contributed by atoms with van der Waals surface area (Å²) in [4.78, 5) is 35.3. The number of carbonyl (C=O) groups is 1. The zero-order valence-electron chi connectivity index (χ0n) is 18.9. The molecule has 2 aromatic rings. The molecule has 2 rings (SSSR count). The van der Waals surface area contributed by atoms with Gasteiger partial charge in [0.15, 0.2) is 0 Å². The Kier molecular flexibility index (Phi) is 9.36. The lowest BCUT2D eigenvalue weighted by molar-refractivity contribution is -0.0111. The predicted molar refractivity (Wildman–Crippen MR) is 123 cm³/mol. The first-order valence-corrected chi connectivity index (χ1v) is 11.3. The summed E-state index contributed by atoms with van der Waals surface area (Å²) in [5, 5.41) is 10.7. The molecule has 2 aromatic heterocycles. The molecule has 0 aromatic carbocycles. The summed E-state index contributed by atoms with van der Waals surface area (Å²) in [6.45, 7) is 15.1. The van der Waals surface area contributed by atoms with E-state index in [1.165, 1.54) is 6.08 Å². The molecular formula is C22H33N3O5S. The number of thiophene rings is 1. The normalized spacial score (nSPS) is 12.8. The lowest BCUT2D eigenvalue weighted by Crippen LogP contribution is -2.38. The molecule has 8 nitrogen and oxygen atoms in total. The second kappa shape index (κ2) is 11.5. The van der Waals surface area contributed by atoms with Crippen molar-refractivity contribution in [3.63, 3.8) is 0 Å². The highest BCUT2D eigenvalue weighted by Gasteiger charge is 2.21. The first-order valence-electron chi connectivity index (χ1n) is 10.4. The highest BCUT2D eigenvalue weighted by Crippen LogP contribution is 2.27. The van der Waals surface area contributed by atoms with Crippen LogP contribution in [0.2, 0.25) is 0 Å². The van der Waals surface area contributed by atoms with Crippen LogP contribution in [0.5, 0.6) is 0 Å². The number of nitrogens with one attached hydrogen (secondary N) is 1. The molecule has 172 valence electrons. The Morgan fingerprint density at radius 3 is 2.65 bits per heavy atom. The number of hydrogen-bond donors (Lipinski definition) is 2. The molecule has 0 bridgehead atoms. The van der Waals surface area contributed by atoms with Crippen LogP contribution in [0.4, 0.5) is 0 Å². The van der Waals surface area contributed by atoms with Gasteiger partial charge < -0.3 is 19.6 Å². The van der Waals surface area contributed by atoms with E-state index in [1.54, 1.807) is 6.92 Å². The first kappa shape index (κ1) is 25.2. The van der Waals surface area contributed by atoms with Crippen molar-refractivity contribution in [2.75, 3.05) is 26.3 Å². The minimum absolute atomic E-state index is 0.0445. The predicted octanol–water partition coefficient (Wildman–Crippen LogP) is 2.88. The highest BCUT2D eigenvalue weighted by molar-refractivity contribution is 7.20. The molecule has 31 heavy (non-hydrogen) atoms. The Morgan fingerprint density at radius 2 is 2.03 bits per heavy atom. The fourth-order valence-corrected chi connectivity index (χ4v) is 4.34. The number of esters is 1. The van der Waals surface area contributed by atoms with Gasteiger partial charge in [-0.3, -0.25) is 9.69 Å². The van der Waals surface area contributed by atoms with Crippen molar-refractivity contribution in [3.8, 4) is 0 Å². The number of fused-ring (bicyclic) bond motifs is 1. The number of aromatic amines is 1. The molecule has 0 aliphatic rings. The summed E-state index contributed by atoms with van der Waals surface area (Å²) in [6.07, 6.45) is 0.892. The van der Waals surface area contributed by atoms with Gasteiger partial charge >= 0.3 is 5.97 Å². The summed E-state index contributed by atoms with van der Waals surface area (Å²) < 4.78 is 10.6. The molecule has 0 aliphatic heterocycles. The van der Waals surface area contributed by atoms with Gasteiger partial charge in [-0.1, -0.05) is 26.5 Å². The highest BCUT2D eigenvalue weighted by atomic mass is 32.1. The van der Waals surface area contributed by atoms with Gasteiger partial charge in [0.05, 0.1) is 30.7 Å². The van der Waals surface area contributed by atoms with Crippen molar-refractivity contribution in [2.45, 2.75) is 53.4 Å². The van der Waals surface area contributed by atoms with Gasteiger partial charge in [0.1, 0.15) is 22.1 Å². The minimum Gasteiger partial charge on any atom is -0.457 e. The smallest absolute Gasteiger partial charge is 0.348 e. The van der Waals surface area contributed by atoms with E-state index in [0.717, 1.165) is 17.9 Å². The Morgan fingerprint density at radius 1 is 1.32 bits per heavy atom. The standard InChI is InChI=1S/C22H33N3O5S/c1-7-8-29-22(28)19-15(6)18-20(27)23-17(24-21(18)31-19)11-25(9-13(2)3)10-16(26)12-30-14(4)5/h7,13-14,16,26H,1,8-12H2,2-6H3,(H,23,24,27). The van der Waals surface area contributed by atoms with E-state index in [0.29, 0.717) is 45.5 Å². The monoisotopic (exact) mass is 451 g/mol. The molecule has 2 heterocycles. The van der Waals surface area contributed by atoms with Gasteiger partial charge in [0, 0.05) is 13.1 Å². The van der Waals surface area contributed by atoms with Crippen molar-refractivity contribution in [3.05, 3.63) is 39.3 Å². The van der Waals surface area contributed by atoms with Crippen LogP contribution in [-0.4, -0.2) is 64.5 Å². The maximum Gasteiger partial charge on any atom is 0.348 e. The van der Waals surface area contributed by atoms with Crippen LogP contribution in [0.25, 0.3) is 10.2 Å². The van der Waals surface area contributed by atoms with E-state index >= 15 is 0 Å². The average Bonchev–Trinajstić information content (AvgIpc) is 3.00. The van der Waals surface area contributed by atoms with Crippen molar-refractivity contribution < 1.29 is 19.4 Å². The number of nitrogens with zero attached hydrogens (tertiary/aromatic N) is 2. The third kappa shape index (κ3) is 7.24. The molecule has 9 heteroatoms. The van der Waals surface area contributed by atoms with Crippen LogP contribution in [0.1, 0.15) is 48.8 Å². The number of carbonyl (C=O) groups excluding carboxylic acids is 1. The van der Waals surface area contributed by atoms with E-state index in [-0.39, 0.29) is 24.9 Å². The van der Waals surface area contributed by atoms with Crippen molar-refractivity contribution in [1.29, 1.82) is 0 Å². The van der Waals surface area contributed by atoms with Crippen molar-refractivity contribution in [1.82, 2.24) is 14.9 Å². The lowest BCUT2D eigenvalue weighted by Gasteiger charge is -2.26. The maximum atomic E-state index is 12.7. The summed E-state index contributed by atoms with van der Waals surface area (Å²) in [5.74, 6) is 0.363. The van der Waals surface area contributed by atoms with Gasteiger partial charge in [-0.15, -0.1) is 11.3 Å². The zero-order chi connectivity index (χ0) is 23.1. The molecule has 0 fully saturated rings. The number of ether oxygens (including phenoxy) is 2. The van der Waals surface area contributed by atoms with E-state index < -0.39 is 12.1 Å². The molecule has 1 unspecified atom stereocenters. The van der Waals surface area contributed by atoms with E-state index in [1.807, 2.05) is 18.7 Å². The van der Waals surface area contributed by atoms with Crippen LogP contribution < -0.4 is 5.56 Å². The number of aliphatic hydroxyl groups excluding tert-OH is 1. The van der Waals surface area contributed by atoms with Crippen molar-refractivity contribution >= 4 is 27.5 Å². The van der Waals surface area contributed by atoms with Crippen LogP contribution in [-0.2, 0) is 16.0 Å². The summed E-state index contributed by atoms with van der Waals surface area (Å²) in [7, 11) is 0. The molecular weight excluding hydrogens is 418 g/mol. The van der Waals surface area contributed by atoms with Crippen LogP contribution in [0.3, 0.4) is 0 Å². The van der Waals surface area contributed by atoms with Gasteiger partial charge in [-0.05, 0) is 32.3 Å². The number of aryl methyl sites for hydroxylation is 1. The Hall–Kier alpha value is -2.07. The Balaban J connectivity index is 2.25. The summed E-state index contributed by atoms with van der Waals surface area (Å²) in [6, 6.07) is 0. The molecule has 0 spiro atoms. The van der Waals surface area contributed by atoms with Gasteiger partial charge in [-0.25, -0.2) is 9.78 Å². The fraction of sp³-hybridized carbons (Fsp3) is 0.591. The molecule has 0 saturated carbocycles. The Labute approximate surface area is 186 Å². The third-order valence-corrected chi connectivity index (χ3v) is 5.62. The second-order valence-electron chi connectivity index (χ2n) is 8.26. The molecule has 0 aliphatic carbocycles. The van der Waals surface area contributed by atoms with E-state index in [4.69, 9.17) is 9.47 Å². The number of rotatable bonds is 12. The summed E-state index contributed by atoms with van der Waals surface area (Å²) >= 11 is 1.15. The maximum absolute atomic E-state index is 12.7. The van der Waals surface area contributed by atoms with Gasteiger partial charge in [0.2, 0.25) is 0 Å². The number of H-pyrrole nitrogens is 1. The first-order chi connectivity index (χ1) is 14.6. The zero-order valence-corrected chi connectivity index (χ0v) is 19.8. The quantitative estimate of drug-likeness (QED) is 0.378. The molecule has 0 radical (unpaired) electrons. The number of aliphatic hydroxyl groups is 1. The molecule has 0 amide bonds. The van der Waals surface area contributed by atoms with Crippen molar-refractivity contribution in [2.24, 2.45) is 5.92 Å². The fourth-order valence-electron chi connectivity index (χ4n) is 3.24. The SMILES string of the molecule is C=CCOC(=O)c1sc2nc(CN(CC(C)C)CC(O)COC(C)C)[nH]c(=O)c2c1C. The Bertz CT molecular complexity index is 951. The largest absolute Gasteiger partial charge is 0.457 e. The van der Waals surface area contributed by atoms with E-state index in [9.17, 15) is 14.7 Å². The second-order valence-corrected chi connectivity index (χ2v) is 9.26. The molecule has 2 N–H and O–H groups in total. The molecule has 0 saturated heterocycles. The number of hydrogen-bond acceptors (Lipinski definition) is 8. The van der Waals surface area contributed by atoms with Gasteiger partial charge in [0.25, 0.3) is 5.56 Å². The average molecular weight is 452 g/mol. The third-order valence-electron chi connectivity index (χ3n) is 4.45. The van der Waals surface area contributed by atoms with Crippen LogP contribution in [0.15, 0.2) is 17.4 Å². The minimum atomic E-state index is -0.646. The van der Waals surface area contributed by atoms with Gasteiger partial charge in [-0.2, -0.15) is 0 Å². The van der Waals surface area contributed by atoms with Crippen LogP contribution in [0, 0.1) is 12.8 Å². The summed E-state index contributed by atoms with van der Waals surface area (Å²) in [5.41, 5.74) is 0.277.